The first-order valence-electron chi connectivity index (χ1n) is 40.9. The number of aromatic amines is 4. The topological polar surface area (TPSA) is 289 Å². The minimum absolute atomic E-state index is 0.0228. The van der Waals surface area contributed by atoms with Crippen molar-refractivity contribution in [1.82, 2.24) is 84.7 Å². The van der Waals surface area contributed by atoms with Gasteiger partial charge in [-0.15, -0.1) is 0 Å². The first kappa shape index (κ1) is 91.8. The highest BCUT2D eigenvalue weighted by Crippen LogP contribution is 2.46. The number of rotatable bonds is 10. The quantitative estimate of drug-likeness (QED) is 0.0797. The molecule has 0 spiro atoms. The summed E-state index contributed by atoms with van der Waals surface area (Å²) in [7, 11) is -1.88. The van der Waals surface area contributed by atoms with E-state index in [1.807, 2.05) is 0 Å². The van der Waals surface area contributed by atoms with E-state index in [0.29, 0.717) is 138 Å². The van der Waals surface area contributed by atoms with Gasteiger partial charge in [0.25, 0.3) is 23.6 Å². The number of H-pyrrole nitrogens is 4. The van der Waals surface area contributed by atoms with Crippen molar-refractivity contribution in [3.05, 3.63) is 208 Å². The molecule has 25 nitrogen and oxygen atoms in total. The predicted octanol–water partition coefficient (Wildman–Crippen LogP) is 13.6. The second-order valence-corrected chi connectivity index (χ2v) is 34.1. The molecule has 4 fully saturated rings. The maximum absolute atomic E-state index is 13.9. The Morgan fingerprint density at radius 2 is 0.680 bits per heavy atom. The van der Waals surface area contributed by atoms with E-state index in [4.69, 9.17) is 0 Å². The van der Waals surface area contributed by atoms with E-state index in [-0.39, 0.29) is 128 Å². The number of hydrogen-bond donors (Lipinski definition) is 5. The van der Waals surface area contributed by atoms with Gasteiger partial charge in [-0.1, -0.05) is 55.5 Å². The largest absolute Gasteiger partial charge is 0.419 e. The van der Waals surface area contributed by atoms with Crippen LogP contribution in [0.2, 0.25) is 0 Å². The first-order valence-corrected chi connectivity index (χ1v) is 42.7. The Hall–Kier alpha value is -10.9. The summed E-state index contributed by atoms with van der Waals surface area (Å²) in [6, 6.07) is 13.5. The summed E-state index contributed by atoms with van der Waals surface area (Å²) in [6.45, 7) is 9.98. The number of nitrogens with one attached hydrogen (secondary N) is 5. The van der Waals surface area contributed by atoms with Crippen LogP contribution in [0.15, 0.2) is 72.8 Å². The molecule has 0 atom stereocenters. The number of amides is 7. The number of sulfonamides is 1. The van der Waals surface area contributed by atoms with Crippen molar-refractivity contribution in [2.24, 2.45) is 0 Å². The van der Waals surface area contributed by atoms with Crippen LogP contribution in [0.1, 0.15) is 220 Å². The van der Waals surface area contributed by atoms with Gasteiger partial charge in [0.15, 0.2) is 22.8 Å². The zero-order chi connectivity index (χ0) is 90.1. The molecule has 0 bridgehead atoms. The van der Waals surface area contributed by atoms with Gasteiger partial charge in [0.05, 0.1) is 40.7 Å². The van der Waals surface area contributed by atoms with Crippen LogP contribution in [-0.4, -0.2) is 222 Å². The molecule has 8 aliphatic rings. The Bertz CT molecular complexity index is 5420. The number of nitrogens with zero attached hydrogens (tertiary/aromatic N) is 12. The highest BCUT2D eigenvalue weighted by atomic mass is 32.2. The van der Waals surface area contributed by atoms with E-state index in [1.165, 1.54) is 64.7 Å². The molecule has 0 radical (unpaired) electrons. The zero-order valence-corrected chi connectivity index (χ0v) is 69.1. The number of alkyl halides is 12. The molecular formula is C83H91F16N17O8S. The smallest absolute Gasteiger partial charge is 0.341 e. The number of aromatic nitrogens is 8. The summed E-state index contributed by atoms with van der Waals surface area (Å²) in [6.07, 6.45) is -13.3. The molecule has 5 N–H and O–H groups in total. The summed E-state index contributed by atoms with van der Waals surface area (Å²) < 4.78 is 241. The maximum Gasteiger partial charge on any atom is 0.419 e. The highest BCUT2D eigenvalue weighted by molar-refractivity contribution is 7.88. The van der Waals surface area contributed by atoms with Crippen LogP contribution in [0.5, 0.6) is 0 Å². The summed E-state index contributed by atoms with van der Waals surface area (Å²) in [5.74, 6) is -8.31. The minimum Gasteiger partial charge on any atom is -0.341 e. The molecule has 42 heteroatoms. The van der Waals surface area contributed by atoms with Crippen LogP contribution < -0.4 is 5.32 Å². The van der Waals surface area contributed by atoms with Crippen molar-refractivity contribution in [2.75, 3.05) is 98.4 Å². The number of likely N-dealkylation sites (N-methyl/N-ethyl adjacent to an activating group) is 1. The van der Waals surface area contributed by atoms with Crippen molar-refractivity contribution in [1.29, 1.82) is 0 Å². The minimum atomic E-state index is -4.80. The lowest BCUT2D eigenvalue weighted by Gasteiger charge is -2.33. The molecule has 0 unspecified atom stereocenters. The number of fused-ring (bicyclic) bond motifs is 4. The zero-order valence-electron chi connectivity index (χ0n) is 68.3. The van der Waals surface area contributed by atoms with Gasteiger partial charge in [-0.25, -0.2) is 30.8 Å². The summed E-state index contributed by atoms with van der Waals surface area (Å²) in [5.41, 5.74) is 2.09. The van der Waals surface area contributed by atoms with E-state index in [1.54, 1.807) is 31.5 Å². The molecule has 4 saturated heterocycles. The normalized spacial score (nSPS) is 18.0. The van der Waals surface area contributed by atoms with Crippen molar-refractivity contribution in [2.45, 2.75) is 165 Å². The van der Waals surface area contributed by atoms with Gasteiger partial charge < -0.3 is 34.7 Å². The summed E-state index contributed by atoms with van der Waals surface area (Å²) in [5, 5.41) is 30.7. The molecule has 0 aliphatic carbocycles. The Kier molecular flexibility index (Phi) is 27.4. The van der Waals surface area contributed by atoms with Crippen molar-refractivity contribution >= 4 is 45.6 Å². The maximum atomic E-state index is 13.9. The molecule has 8 aliphatic heterocycles. The number of benzene rings is 4. The number of piperidine rings is 4. The second-order valence-electron chi connectivity index (χ2n) is 32.1. The second kappa shape index (κ2) is 37.3. The monoisotopic (exact) mass is 1790 g/mol. The highest BCUT2D eigenvalue weighted by Gasteiger charge is 2.46. The molecule has 7 amide bonds. The van der Waals surface area contributed by atoms with Crippen LogP contribution >= 0.6 is 0 Å². The van der Waals surface area contributed by atoms with E-state index >= 15 is 0 Å². The average Bonchev–Trinajstić information content (AvgIpc) is 1.56. The van der Waals surface area contributed by atoms with Gasteiger partial charge in [-0.3, -0.25) is 49.3 Å². The fraction of sp³-hybridized carbons (Fsp3) is 0.494. The molecule has 125 heavy (non-hydrogen) atoms. The Morgan fingerprint density at radius 3 is 0.992 bits per heavy atom. The van der Waals surface area contributed by atoms with Crippen LogP contribution in [-0.2, 0) is 91.4 Å². The summed E-state index contributed by atoms with van der Waals surface area (Å²) >= 11 is 0. The number of halogens is 16. The predicted molar refractivity (Wildman–Crippen MR) is 418 cm³/mol. The molecule has 16 rings (SSSR count). The lowest BCUT2D eigenvalue weighted by Crippen LogP contribution is -2.42. The molecular weight excluding hydrogens is 1700 g/mol. The molecule has 674 valence electrons. The number of likely N-dealkylation sites (tertiary alicyclic amines) is 4. The van der Waals surface area contributed by atoms with Crippen LogP contribution in [0.3, 0.4) is 0 Å². The van der Waals surface area contributed by atoms with E-state index in [9.17, 15) is 107 Å². The molecule has 8 aromatic rings. The molecule has 4 aromatic carbocycles. The summed E-state index contributed by atoms with van der Waals surface area (Å²) in [4.78, 5) is 87.5. The Morgan fingerprint density at radius 1 is 0.384 bits per heavy atom. The molecule has 12 heterocycles. The van der Waals surface area contributed by atoms with E-state index in [0.717, 1.165) is 72.5 Å². The number of carbonyl (C=O) groups excluding carboxylic acids is 6. The van der Waals surface area contributed by atoms with Gasteiger partial charge in [-0.05, 0) is 135 Å². The van der Waals surface area contributed by atoms with Crippen molar-refractivity contribution < 1.29 is 107 Å². The fourth-order valence-corrected chi connectivity index (χ4v) is 18.8. The molecule has 4 aromatic heterocycles. The fourth-order valence-electron chi connectivity index (χ4n) is 18.0. The van der Waals surface area contributed by atoms with Crippen LogP contribution in [0.25, 0.3) is 0 Å². The van der Waals surface area contributed by atoms with Crippen molar-refractivity contribution in [3.63, 3.8) is 0 Å². The SMILES string of the molecule is CC(=O)N1CCc2[nH]nc(C(=O)N3CCC(c4cccc(F)c4C(F)(F)F)CC3)c2C1.CCN1CCc2[nH]nc(C(=O)N3CCC(c4cccc(F)c4C(F)(F)F)CC3)c2C1.CNC(=O)N1CCc2c(C(=O)N3CCC(c4cccc(F)c4C(F)(F)F)CC3)n[nH]c2C1.CS(=O)(=O)N1CCc2[nH]nc(C(=O)N3CCC(c4cccc(F)c4C(F)(F)F)CC3)c2C1. The number of carbonyl (C=O) groups is 6. The van der Waals surface area contributed by atoms with Crippen LogP contribution in [0, 0.1) is 23.3 Å². The third kappa shape index (κ3) is 20.2. The standard InChI is InChI=1S/C21H23F4N5O2.C21H22F4N4O2.C21H24F4N4O.C20H22F4N4O3S/c1-26-20(32)30-10-7-14-16(11-30)27-28-18(14)19(31)29-8-5-12(6-9-29)13-3-2-4-15(22)17(13)21(23,24)25;1-12(30)29-10-7-17-15(11-29)19(27-26-17)20(31)28-8-5-13(6-9-28)14-3-2-4-16(22)18(14)21(23,24)25;1-2-28-9-8-17-15(12-28)19(27-26-17)20(30)29-10-6-13(7-11-29)14-4-3-5-16(22)18(14)21(23,24)25;1-32(30,31)28-10-7-16-14(11-28)18(26-25-16)19(29)27-8-5-12(6-9-27)13-3-2-4-15(21)17(13)20(22,23)24/h2-4,12H,5-11H2,1H3,(H,26,32)(H,27,28);2-4,13H,5-11H2,1H3,(H,26,27);3-5,13H,2,6-12H2,1H3,(H,26,27);2-4,12H,5-11H2,1H3,(H,25,26). The van der Waals surface area contributed by atoms with E-state index < -0.39 is 110 Å². The van der Waals surface area contributed by atoms with Gasteiger partial charge >= 0.3 is 30.7 Å². The van der Waals surface area contributed by atoms with E-state index in [2.05, 4.69) is 57.9 Å². The van der Waals surface area contributed by atoms with Gasteiger partial charge in [0, 0.05) is 171 Å². The lowest BCUT2D eigenvalue weighted by molar-refractivity contribution is -0.141. The Balaban J connectivity index is 0.000000143. The van der Waals surface area contributed by atoms with Gasteiger partial charge in [0.1, 0.15) is 23.3 Å². The third-order valence-corrected chi connectivity index (χ3v) is 25.9. The van der Waals surface area contributed by atoms with Crippen LogP contribution in [0.4, 0.5) is 75.0 Å². The Labute approximate surface area is 707 Å². The first-order chi connectivity index (χ1) is 59.1. The van der Waals surface area contributed by atoms with Crippen molar-refractivity contribution in [3.8, 4) is 0 Å². The lowest BCUT2D eigenvalue weighted by atomic mass is 9.86. The average molecular weight is 1790 g/mol. The number of hydrogen-bond acceptors (Lipinski definition) is 13. The molecule has 0 saturated carbocycles. The number of urea groups is 1. The third-order valence-electron chi connectivity index (χ3n) is 24.7. The van der Waals surface area contributed by atoms with Gasteiger partial charge in [0.2, 0.25) is 15.9 Å². The van der Waals surface area contributed by atoms with Gasteiger partial charge in [-0.2, -0.15) is 77.4 Å².